The van der Waals surface area contributed by atoms with Crippen molar-refractivity contribution in [2.24, 2.45) is 5.10 Å². The number of nitrogens with one attached hydrogen (secondary N) is 1. The third-order valence-corrected chi connectivity index (χ3v) is 5.21. The zero-order chi connectivity index (χ0) is 22.3. The largest absolute Gasteiger partial charge is 0.497 e. The molecule has 0 saturated heterocycles. The van der Waals surface area contributed by atoms with E-state index in [1.54, 1.807) is 11.8 Å². The fourth-order valence-electron chi connectivity index (χ4n) is 3.43. The lowest BCUT2D eigenvalue weighted by Crippen LogP contribution is -2.27. The second-order valence-electron chi connectivity index (χ2n) is 7.41. The maximum Gasteiger partial charge on any atom is 0.243 e. The molecule has 0 spiro atoms. The molecule has 8 nitrogen and oxygen atoms in total. The predicted molar refractivity (Wildman–Crippen MR) is 121 cm³/mol. The van der Waals surface area contributed by atoms with Gasteiger partial charge in [-0.25, -0.2) is 9.69 Å². The van der Waals surface area contributed by atoms with Crippen molar-refractivity contribution in [3.05, 3.63) is 78.1 Å². The molecule has 1 aliphatic rings. The summed E-state index contributed by atoms with van der Waals surface area (Å²) in [6.07, 6.45) is 2.80. The van der Waals surface area contributed by atoms with Crippen LogP contribution in [0.3, 0.4) is 0 Å². The van der Waals surface area contributed by atoms with Gasteiger partial charge in [-0.15, -0.1) is 0 Å². The molecular formula is C24H25N5O3. The molecule has 1 N–H and O–H groups in total. The summed E-state index contributed by atoms with van der Waals surface area (Å²) in [7, 11) is 1.62. The summed E-state index contributed by atoms with van der Waals surface area (Å²) in [6, 6.07) is 19.2. The van der Waals surface area contributed by atoms with Crippen LogP contribution >= 0.6 is 0 Å². The van der Waals surface area contributed by atoms with Crippen molar-refractivity contribution >= 4 is 17.5 Å². The molecule has 32 heavy (non-hydrogen) atoms. The minimum atomic E-state index is -0.191. The van der Waals surface area contributed by atoms with Gasteiger partial charge in [0, 0.05) is 25.5 Å². The number of aromatic nitrogens is 2. The van der Waals surface area contributed by atoms with E-state index < -0.39 is 0 Å². The normalized spacial score (nSPS) is 13.0. The van der Waals surface area contributed by atoms with Gasteiger partial charge in [-0.05, 0) is 35.9 Å². The third-order valence-electron chi connectivity index (χ3n) is 5.21. The fourth-order valence-corrected chi connectivity index (χ4v) is 3.43. The summed E-state index contributed by atoms with van der Waals surface area (Å²) in [5.74, 6) is 0.442. The topological polar surface area (TPSA) is 88.8 Å². The molecule has 1 aromatic heterocycles. The Morgan fingerprint density at radius 2 is 1.81 bits per heavy atom. The van der Waals surface area contributed by atoms with Gasteiger partial charge in [-0.3, -0.25) is 9.59 Å². The number of carbonyl (C=O) groups excluding carboxylic acids is 2. The van der Waals surface area contributed by atoms with E-state index in [4.69, 9.17) is 4.74 Å². The molecule has 4 rings (SSSR count). The first-order chi connectivity index (χ1) is 15.6. The fraction of sp³-hybridized carbons (Fsp3) is 0.250. The summed E-state index contributed by atoms with van der Waals surface area (Å²) in [5, 5.41) is 13.2. The van der Waals surface area contributed by atoms with Crippen LogP contribution in [0.5, 0.6) is 5.75 Å². The highest BCUT2D eigenvalue weighted by molar-refractivity contribution is 6.02. The van der Waals surface area contributed by atoms with Crippen LogP contribution in [0.2, 0.25) is 0 Å². The van der Waals surface area contributed by atoms with Crippen molar-refractivity contribution in [2.75, 3.05) is 13.7 Å². The van der Waals surface area contributed by atoms with Crippen LogP contribution in [0, 0.1) is 0 Å². The highest BCUT2D eigenvalue weighted by Crippen LogP contribution is 2.16. The minimum absolute atomic E-state index is 0.116. The van der Waals surface area contributed by atoms with Gasteiger partial charge in [0.15, 0.2) is 0 Å². The van der Waals surface area contributed by atoms with E-state index in [1.807, 2.05) is 66.9 Å². The van der Waals surface area contributed by atoms with Gasteiger partial charge in [0.1, 0.15) is 5.75 Å². The van der Waals surface area contributed by atoms with Gasteiger partial charge in [0.25, 0.3) is 0 Å². The standard InChI is InChI=1S/C24H25N5O3/c1-32-21-9-7-20(8-10-21)28-15-13-19(26-28)17-25-23(30)11-12-24(31)29-16-14-22(27-29)18-5-3-2-4-6-18/h2-10,13,15H,11-12,14,16-17H2,1H3,(H,25,30). The number of methoxy groups -OCH3 is 1. The van der Waals surface area contributed by atoms with Crippen LogP contribution in [-0.4, -0.2) is 46.0 Å². The molecule has 0 unspecified atom stereocenters. The van der Waals surface area contributed by atoms with Gasteiger partial charge in [0.05, 0.1) is 37.3 Å². The Kier molecular flexibility index (Phi) is 6.60. The van der Waals surface area contributed by atoms with Crippen molar-refractivity contribution in [1.29, 1.82) is 0 Å². The smallest absolute Gasteiger partial charge is 0.243 e. The van der Waals surface area contributed by atoms with E-state index in [-0.39, 0.29) is 24.7 Å². The zero-order valence-corrected chi connectivity index (χ0v) is 17.9. The lowest BCUT2D eigenvalue weighted by Gasteiger charge is -2.11. The van der Waals surface area contributed by atoms with Crippen LogP contribution in [0.15, 0.2) is 72.0 Å². The molecule has 0 bridgehead atoms. The molecule has 2 amide bonds. The second kappa shape index (κ2) is 9.91. The van der Waals surface area contributed by atoms with Crippen LogP contribution in [0.4, 0.5) is 0 Å². The maximum absolute atomic E-state index is 12.4. The number of nitrogens with zero attached hydrogens (tertiary/aromatic N) is 4. The van der Waals surface area contributed by atoms with E-state index >= 15 is 0 Å². The summed E-state index contributed by atoms with van der Waals surface area (Å²) in [5.41, 5.74) is 3.55. The second-order valence-corrected chi connectivity index (χ2v) is 7.41. The van der Waals surface area contributed by atoms with Crippen molar-refractivity contribution in [1.82, 2.24) is 20.1 Å². The average Bonchev–Trinajstić information content (AvgIpc) is 3.52. The summed E-state index contributed by atoms with van der Waals surface area (Å²) < 4.78 is 6.90. The average molecular weight is 431 g/mol. The zero-order valence-electron chi connectivity index (χ0n) is 17.9. The molecular weight excluding hydrogens is 406 g/mol. The molecule has 2 aromatic carbocycles. The highest BCUT2D eigenvalue weighted by Gasteiger charge is 2.21. The van der Waals surface area contributed by atoms with Gasteiger partial charge in [-0.2, -0.15) is 10.2 Å². The SMILES string of the molecule is COc1ccc(-n2ccc(CNC(=O)CCC(=O)N3CCC(c4ccccc4)=N3)n2)cc1. The van der Waals surface area contributed by atoms with Gasteiger partial charge in [0.2, 0.25) is 11.8 Å². The van der Waals surface area contributed by atoms with Gasteiger partial charge < -0.3 is 10.1 Å². The van der Waals surface area contributed by atoms with E-state index in [2.05, 4.69) is 15.5 Å². The molecule has 2 heterocycles. The highest BCUT2D eigenvalue weighted by atomic mass is 16.5. The number of hydrazone groups is 1. The van der Waals surface area contributed by atoms with Crippen molar-refractivity contribution in [3.63, 3.8) is 0 Å². The Labute approximate surface area is 186 Å². The van der Waals surface area contributed by atoms with E-state index in [0.29, 0.717) is 13.1 Å². The third kappa shape index (κ3) is 5.21. The van der Waals surface area contributed by atoms with Crippen LogP contribution in [0.1, 0.15) is 30.5 Å². The van der Waals surface area contributed by atoms with Crippen LogP contribution in [0.25, 0.3) is 5.69 Å². The molecule has 0 atom stereocenters. The van der Waals surface area contributed by atoms with E-state index in [1.165, 1.54) is 5.01 Å². The van der Waals surface area contributed by atoms with Gasteiger partial charge >= 0.3 is 0 Å². The quantitative estimate of drug-likeness (QED) is 0.594. The summed E-state index contributed by atoms with van der Waals surface area (Å²) in [6.45, 7) is 0.851. The molecule has 0 fully saturated rings. The monoisotopic (exact) mass is 431 g/mol. The molecule has 1 aliphatic heterocycles. The maximum atomic E-state index is 12.4. The molecule has 3 aromatic rings. The number of hydrogen-bond donors (Lipinski definition) is 1. The Hall–Kier alpha value is -3.94. The summed E-state index contributed by atoms with van der Waals surface area (Å²) in [4.78, 5) is 24.6. The number of hydrogen-bond acceptors (Lipinski definition) is 5. The molecule has 164 valence electrons. The van der Waals surface area contributed by atoms with Crippen molar-refractivity contribution in [2.45, 2.75) is 25.8 Å². The number of benzene rings is 2. The first kappa shape index (κ1) is 21.3. The Bertz CT molecular complexity index is 1110. The van der Waals surface area contributed by atoms with Crippen LogP contribution in [-0.2, 0) is 16.1 Å². The lowest BCUT2D eigenvalue weighted by atomic mass is 10.1. The lowest BCUT2D eigenvalue weighted by molar-refractivity contribution is -0.133. The predicted octanol–water partition coefficient (Wildman–Crippen LogP) is 2.91. The Morgan fingerprint density at radius 3 is 2.56 bits per heavy atom. The number of carbonyl (C=O) groups is 2. The number of amides is 2. The van der Waals surface area contributed by atoms with Crippen molar-refractivity contribution < 1.29 is 14.3 Å². The van der Waals surface area contributed by atoms with Gasteiger partial charge in [-0.1, -0.05) is 30.3 Å². The molecule has 0 aliphatic carbocycles. The molecule has 0 saturated carbocycles. The Balaban J connectivity index is 1.23. The van der Waals surface area contributed by atoms with Crippen molar-refractivity contribution in [3.8, 4) is 11.4 Å². The van der Waals surface area contributed by atoms with E-state index in [0.717, 1.165) is 34.8 Å². The molecule has 8 heteroatoms. The summed E-state index contributed by atoms with van der Waals surface area (Å²) >= 11 is 0. The molecule has 0 radical (unpaired) electrons. The minimum Gasteiger partial charge on any atom is -0.497 e. The van der Waals surface area contributed by atoms with E-state index in [9.17, 15) is 9.59 Å². The number of ether oxygens (including phenoxy) is 1. The van der Waals surface area contributed by atoms with Crippen LogP contribution < -0.4 is 10.1 Å². The Morgan fingerprint density at radius 1 is 1.03 bits per heavy atom. The first-order valence-corrected chi connectivity index (χ1v) is 10.5. The number of rotatable bonds is 8. The first-order valence-electron chi connectivity index (χ1n) is 10.5.